The molecule has 0 unspecified atom stereocenters. The zero-order valence-electron chi connectivity index (χ0n) is 16.7. The van der Waals surface area contributed by atoms with Crippen molar-refractivity contribution in [2.45, 2.75) is 13.1 Å². The molecule has 1 saturated heterocycles. The Morgan fingerprint density at radius 3 is 2.45 bits per heavy atom. The molecular formula is C21H22ClFN6O2. The van der Waals surface area contributed by atoms with E-state index in [1.54, 1.807) is 0 Å². The molecule has 3 aromatic rings. The van der Waals surface area contributed by atoms with Crippen LogP contribution >= 0.6 is 11.6 Å². The molecule has 2 N–H and O–H groups in total. The van der Waals surface area contributed by atoms with Gasteiger partial charge in [0.15, 0.2) is 11.5 Å². The van der Waals surface area contributed by atoms with E-state index in [0.717, 1.165) is 32.7 Å². The van der Waals surface area contributed by atoms with Crippen LogP contribution in [0.25, 0.3) is 0 Å². The van der Waals surface area contributed by atoms with E-state index in [2.05, 4.69) is 49.4 Å². The van der Waals surface area contributed by atoms with Crippen LogP contribution in [-0.4, -0.2) is 57.3 Å². The molecule has 0 spiro atoms. The van der Waals surface area contributed by atoms with Crippen LogP contribution in [0.1, 0.15) is 17.0 Å². The van der Waals surface area contributed by atoms with E-state index in [4.69, 9.17) is 16.2 Å². The standard InChI is InChI=1S/C21H22ClFN6O2/c22-17-12-16(6-7-18(17)23)24-21(25-30)20-19(26-31-27-20)14-29-10-8-28(9-11-29)13-15-4-2-1-3-5-15/h1-7,12,30H,8-11,13-14H2,(H,24,25). The molecule has 2 aromatic carbocycles. The molecule has 8 nitrogen and oxygen atoms in total. The van der Waals surface area contributed by atoms with Crippen LogP contribution in [-0.2, 0) is 13.1 Å². The molecule has 1 fully saturated rings. The fraction of sp³-hybridized carbons (Fsp3) is 0.286. The number of amidine groups is 1. The number of rotatable bonds is 6. The van der Waals surface area contributed by atoms with E-state index >= 15 is 0 Å². The van der Waals surface area contributed by atoms with Crippen molar-refractivity contribution in [3.8, 4) is 0 Å². The number of piperazine rings is 1. The maximum absolute atomic E-state index is 13.4. The lowest BCUT2D eigenvalue weighted by Crippen LogP contribution is -2.45. The highest BCUT2D eigenvalue weighted by molar-refractivity contribution is 6.31. The molecule has 0 atom stereocenters. The largest absolute Gasteiger partial charge is 0.297 e. The fourth-order valence-electron chi connectivity index (χ4n) is 3.46. The molecule has 1 aliphatic heterocycles. The van der Waals surface area contributed by atoms with Gasteiger partial charge in [0.25, 0.3) is 0 Å². The maximum Gasteiger partial charge on any atom is 0.182 e. The van der Waals surface area contributed by atoms with Gasteiger partial charge in [-0.3, -0.25) is 20.5 Å². The quantitative estimate of drug-likeness (QED) is 0.342. The Morgan fingerprint density at radius 1 is 1.06 bits per heavy atom. The van der Waals surface area contributed by atoms with Crippen LogP contribution < -0.4 is 5.48 Å². The third kappa shape index (κ3) is 5.45. The Bertz CT molecular complexity index is 1040. The summed E-state index contributed by atoms with van der Waals surface area (Å²) in [6.45, 7) is 5.03. The van der Waals surface area contributed by atoms with Crippen molar-refractivity contribution in [2.75, 3.05) is 26.2 Å². The highest BCUT2D eigenvalue weighted by Gasteiger charge is 2.22. The second-order valence-corrected chi connectivity index (χ2v) is 7.68. The van der Waals surface area contributed by atoms with Gasteiger partial charge in [-0.15, -0.1) is 0 Å². The molecule has 2 heterocycles. The van der Waals surface area contributed by atoms with E-state index < -0.39 is 5.82 Å². The minimum atomic E-state index is -0.547. The average Bonchev–Trinajstić information content (AvgIpc) is 3.24. The number of nitrogens with one attached hydrogen (secondary N) is 1. The Balaban J connectivity index is 1.40. The number of halogens is 2. The summed E-state index contributed by atoms with van der Waals surface area (Å²) in [7, 11) is 0. The molecule has 0 saturated carbocycles. The zero-order valence-corrected chi connectivity index (χ0v) is 17.5. The minimum absolute atomic E-state index is 0.0432. The van der Waals surface area contributed by atoms with Gasteiger partial charge in [-0.05, 0) is 28.9 Å². The lowest BCUT2D eigenvalue weighted by atomic mass is 10.2. The second-order valence-electron chi connectivity index (χ2n) is 7.27. The maximum atomic E-state index is 13.4. The fourth-order valence-corrected chi connectivity index (χ4v) is 3.64. The topological polar surface area (TPSA) is 90.0 Å². The van der Waals surface area contributed by atoms with Crippen molar-refractivity contribution in [3.63, 3.8) is 0 Å². The predicted octanol–water partition coefficient (Wildman–Crippen LogP) is 3.24. The molecule has 162 valence electrons. The monoisotopic (exact) mass is 444 g/mol. The molecule has 0 aliphatic carbocycles. The average molecular weight is 445 g/mol. The van der Waals surface area contributed by atoms with E-state index in [9.17, 15) is 9.60 Å². The third-order valence-corrected chi connectivity index (χ3v) is 5.41. The molecule has 1 aliphatic rings. The summed E-state index contributed by atoms with van der Waals surface area (Å²) >= 11 is 5.80. The Kier molecular flexibility index (Phi) is 6.88. The summed E-state index contributed by atoms with van der Waals surface area (Å²) in [4.78, 5) is 8.90. The Morgan fingerprint density at radius 2 is 1.77 bits per heavy atom. The Hall–Kier alpha value is -2.85. The lowest BCUT2D eigenvalue weighted by molar-refractivity contribution is 0.119. The van der Waals surface area contributed by atoms with Crippen LogP contribution in [0.2, 0.25) is 5.02 Å². The highest BCUT2D eigenvalue weighted by Crippen LogP contribution is 2.22. The molecule has 0 radical (unpaired) electrons. The van der Waals surface area contributed by atoms with E-state index in [-0.39, 0.29) is 16.6 Å². The molecule has 31 heavy (non-hydrogen) atoms. The van der Waals surface area contributed by atoms with Gasteiger partial charge in [0.1, 0.15) is 11.5 Å². The van der Waals surface area contributed by atoms with Gasteiger partial charge in [-0.25, -0.2) is 14.0 Å². The van der Waals surface area contributed by atoms with Gasteiger partial charge in [0.05, 0.1) is 10.7 Å². The van der Waals surface area contributed by atoms with E-state index in [0.29, 0.717) is 17.9 Å². The zero-order chi connectivity index (χ0) is 21.6. The van der Waals surface area contributed by atoms with Gasteiger partial charge in [0, 0.05) is 39.3 Å². The van der Waals surface area contributed by atoms with E-state index in [1.165, 1.54) is 23.8 Å². The molecule has 10 heteroatoms. The Labute approximate surface area is 183 Å². The van der Waals surface area contributed by atoms with Crippen molar-refractivity contribution in [3.05, 3.63) is 76.3 Å². The van der Waals surface area contributed by atoms with Gasteiger partial charge in [-0.2, -0.15) is 0 Å². The lowest BCUT2D eigenvalue weighted by Gasteiger charge is -2.34. The summed E-state index contributed by atoms with van der Waals surface area (Å²) < 4.78 is 18.3. The first-order valence-corrected chi connectivity index (χ1v) is 10.2. The second kappa shape index (κ2) is 9.97. The summed E-state index contributed by atoms with van der Waals surface area (Å²) in [6.07, 6.45) is 0. The molecule has 4 rings (SSSR count). The number of hydrogen-bond donors (Lipinski definition) is 2. The minimum Gasteiger partial charge on any atom is -0.297 e. The number of benzene rings is 2. The number of nitrogens with zero attached hydrogens (tertiary/aromatic N) is 5. The summed E-state index contributed by atoms with van der Waals surface area (Å²) in [6, 6.07) is 14.4. The van der Waals surface area contributed by atoms with Crippen molar-refractivity contribution in [1.82, 2.24) is 25.6 Å². The van der Waals surface area contributed by atoms with Crippen LogP contribution in [0.3, 0.4) is 0 Å². The van der Waals surface area contributed by atoms with Gasteiger partial charge in [-0.1, -0.05) is 47.1 Å². The SMILES string of the molecule is ONC(=Nc1ccc(F)c(Cl)c1)c1nonc1CN1CCN(Cc2ccccc2)CC1. The van der Waals surface area contributed by atoms with Crippen LogP contribution in [0.4, 0.5) is 10.1 Å². The number of aliphatic imine (C=N–C) groups is 1. The first-order valence-electron chi connectivity index (χ1n) is 9.86. The number of hydroxylamine groups is 1. The summed E-state index contributed by atoms with van der Waals surface area (Å²) in [5.74, 6) is -0.504. The summed E-state index contributed by atoms with van der Waals surface area (Å²) in [5.41, 5.74) is 4.51. The van der Waals surface area contributed by atoms with Crippen LogP contribution in [0.5, 0.6) is 0 Å². The number of aromatic nitrogens is 2. The summed E-state index contributed by atoms with van der Waals surface area (Å²) in [5, 5.41) is 17.4. The molecule has 1 aromatic heterocycles. The van der Waals surface area contributed by atoms with Gasteiger partial charge >= 0.3 is 0 Å². The van der Waals surface area contributed by atoms with Gasteiger partial charge < -0.3 is 0 Å². The van der Waals surface area contributed by atoms with Crippen molar-refractivity contribution in [1.29, 1.82) is 0 Å². The normalized spacial score (nSPS) is 15.9. The first kappa shape index (κ1) is 21.4. The van der Waals surface area contributed by atoms with Crippen molar-refractivity contribution >= 4 is 23.1 Å². The van der Waals surface area contributed by atoms with Crippen LogP contribution in [0.15, 0.2) is 58.2 Å². The molecular weight excluding hydrogens is 423 g/mol. The highest BCUT2D eigenvalue weighted by atomic mass is 35.5. The van der Waals surface area contributed by atoms with Crippen molar-refractivity contribution < 1.29 is 14.2 Å². The third-order valence-electron chi connectivity index (χ3n) is 5.12. The smallest absolute Gasteiger partial charge is 0.182 e. The predicted molar refractivity (Wildman–Crippen MR) is 114 cm³/mol. The first-order chi connectivity index (χ1) is 15.1. The molecule has 0 amide bonds. The van der Waals surface area contributed by atoms with Crippen LogP contribution in [0, 0.1) is 5.82 Å². The van der Waals surface area contributed by atoms with E-state index in [1.807, 2.05) is 11.5 Å². The molecule has 0 bridgehead atoms. The number of hydrogen-bond acceptors (Lipinski definition) is 7. The van der Waals surface area contributed by atoms with Gasteiger partial charge in [0.2, 0.25) is 0 Å². The van der Waals surface area contributed by atoms with Crippen molar-refractivity contribution in [2.24, 2.45) is 4.99 Å².